The molecule has 0 saturated heterocycles. The number of hydrogen-bond donors (Lipinski definition) is 0. The summed E-state index contributed by atoms with van der Waals surface area (Å²) in [6.45, 7) is 9.38. The number of rotatable bonds is 2. The Morgan fingerprint density at radius 3 is 2.75 bits per heavy atom. The molecule has 0 N–H and O–H groups in total. The molecule has 1 aromatic heterocycles. The van der Waals surface area contributed by atoms with Crippen molar-refractivity contribution in [3.63, 3.8) is 0 Å². The molecule has 0 unspecified atom stereocenters. The van der Waals surface area contributed by atoms with E-state index in [0.717, 1.165) is 0 Å². The Morgan fingerprint density at radius 2 is 2.25 bits per heavy atom. The van der Waals surface area contributed by atoms with Crippen molar-refractivity contribution in [1.29, 1.82) is 0 Å². The van der Waals surface area contributed by atoms with Crippen LogP contribution in [-0.4, -0.2) is 21.0 Å². The molecular formula is C8H14N4. The zero-order valence-corrected chi connectivity index (χ0v) is 7.73. The molecule has 1 heterocycles. The minimum atomic E-state index is 0.553. The first kappa shape index (κ1) is 10.6. The van der Waals surface area contributed by atoms with Gasteiger partial charge in [0.1, 0.15) is 6.33 Å². The maximum atomic E-state index is 3.93. The van der Waals surface area contributed by atoms with Crippen LogP contribution in [0.4, 0.5) is 5.95 Å². The van der Waals surface area contributed by atoms with Crippen LogP contribution in [0, 0.1) is 0 Å². The maximum absolute atomic E-state index is 3.93. The summed E-state index contributed by atoms with van der Waals surface area (Å²) in [5.41, 5.74) is 0. The molecule has 4 heteroatoms. The molecule has 12 heavy (non-hydrogen) atoms. The summed E-state index contributed by atoms with van der Waals surface area (Å²) in [6.07, 6.45) is 4.81. The van der Waals surface area contributed by atoms with Crippen LogP contribution in [0.25, 0.3) is 6.20 Å². The van der Waals surface area contributed by atoms with Gasteiger partial charge in [-0.1, -0.05) is 20.4 Å². The van der Waals surface area contributed by atoms with Crippen molar-refractivity contribution >= 4 is 18.4 Å². The van der Waals surface area contributed by atoms with Crippen LogP contribution >= 0.6 is 0 Å². The standard InChI is InChI=1S/C6H8N4.C2H6/c1-3-7-6-9-8-5-10(6)4-2;1-2/h3-5H,2H2,1H3;1-2H3/b7-3-;. The molecule has 66 valence electrons. The first-order valence-corrected chi connectivity index (χ1v) is 3.89. The molecule has 4 nitrogen and oxygen atoms in total. The number of hydrogen-bond acceptors (Lipinski definition) is 3. The van der Waals surface area contributed by atoms with Gasteiger partial charge in [0.25, 0.3) is 5.95 Å². The van der Waals surface area contributed by atoms with E-state index in [4.69, 9.17) is 0 Å². The Bertz CT molecular complexity index is 249. The van der Waals surface area contributed by atoms with E-state index in [2.05, 4.69) is 21.8 Å². The van der Waals surface area contributed by atoms with Gasteiger partial charge >= 0.3 is 0 Å². The van der Waals surface area contributed by atoms with Crippen LogP contribution in [-0.2, 0) is 0 Å². The van der Waals surface area contributed by atoms with E-state index in [1.165, 1.54) is 0 Å². The van der Waals surface area contributed by atoms with Crippen LogP contribution < -0.4 is 0 Å². The fraction of sp³-hybridized carbons (Fsp3) is 0.375. The van der Waals surface area contributed by atoms with Crippen LogP contribution in [0.5, 0.6) is 0 Å². The Kier molecular flexibility index (Phi) is 5.51. The smallest absolute Gasteiger partial charge is 0.254 e. The quantitative estimate of drug-likeness (QED) is 0.631. The third-order valence-electron chi connectivity index (χ3n) is 0.995. The van der Waals surface area contributed by atoms with Gasteiger partial charge in [0.2, 0.25) is 0 Å². The van der Waals surface area contributed by atoms with Crippen molar-refractivity contribution in [1.82, 2.24) is 14.8 Å². The molecule has 0 bridgehead atoms. The molecule has 0 aliphatic heterocycles. The summed E-state index contributed by atoms with van der Waals surface area (Å²) >= 11 is 0. The van der Waals surface area contributed by atoms with Gasteiger partial charge in [0.15, 0.2) is 0 Å². The Hall–Kier alpha value is -1.45. The summed E-state index contributed by atoms with van der Waals surface area (Å²) in [7, 11) is 0. The summed E-state index contributed by atoms with van der Waals surface area (Å²) in [5, 5.41) is 7.36. The fourth-order valence-electron chi connectivity index (χ4n) is 0.573. The third-order valence-corrected chi connectivity index (χ3v) is 0.995. The van der Waals surface area contributed by atoms with E-state index in [1.807, 2.05) is 20.8 Å². The van der Waals surface area contributed by atoms with Gasteiger partial charge in [-0.05, 0) is 6.92 Å². The summed E-state index contributed by atoms with van der Waals surface area (Å²) < 4.78 is 1.64. The van der Waals surface area contributed by atoms with Gasteiger partial charge in [-0.15, -0.1) is 10.2 Å². The van der Waals surface area contributed by atoms with E-state index >= 15 is 0 Å². The topological polar surface area (TPSA) is 43.1 Å². The second-order valence-corrected chi connectivity index (χ2v) is 1.61. The number of aliphatic imine (C=N–C) groups is 1. The molecule has 0 aliphatic carbocycles. The van der Waals surface area contributed by atoms with Gasteiger partial charge in [-0.3, -0.25) is 4.57 Å². The number of nitrogens with zero attached hydrogens (tertiary/aromatic N) is 4. The maximum Gasteiger partial charge on any atom is 0.254 e. The largest absolute Gasteiger partial charge is 0.274 e. The van der Waals surface area contributed by atoms with E-state index in [-0.39, 0.29) is 0 Å². The minimum absolute atomic E-state index is 0.553. The molecule has 0 amide bonds. The summed E-state index contributed by atoms with van der Waals surface area (Å²) in [6, 6.07) is 0. The van der Waals surface area contributed by atoms with Crippen LogP contribution in [0.3, 0.4) is 0 Å². The predicted octanol–water partition coefficient (Wildman–Crippen LogP) is 2.13. The molecular weight excluding hydrogens is 152 g/mol. The zero-order chi connectivity index (χ0) is 9.40. The SMILES string of the molecule is C=Cn1cnnc1/N=C\C.CC. The normalized spacial score (nSPS) is 9.25. The fourth-order valence-corrected chi connectivity index (χ4v) is 0.573. The highest BCUT2D eigenvalue weighted by molar-refractivity contribution is 5.57. The third kappa shape index (κ3) is 2.65. The predicted molar refractivity (Wildman–Crippen MR) is 51.6 cm³/mol. The van der Waals surface area contributed by atoms with E-state index in [0.29, 0.717) is 5.95 Å². The van der Waals surface area contributed by atoms with Gasteiger partial charge in [-0.2, -0.15) is 0 Å². The molecule has 1 rings (SSSR count). The first-order chi connectivity index (χ1) is 5.88. The zero-order valence-electron chi connectivity index (χ0n) is 7.73. The van der Waals surface area contributed by atoms with Crippen molar-refractivity contribution in [2.45, 2.75) is 20.8 Å². The molecule has 0 saturated carbocycles. The molecule has 0 aliphatic rings. The van der Waals surface area contributed by atoms with Gasteiger partial charge in [-0.25, -0.2) is 4.99 Å². The Morgan fingerprint density at radius 1 is 1.58 bits per heavy atom. The molecule has 0 atom stereocenters. The van der Waals surface area contributed by atoms with Crippen molar-refractivity contribution in [3.8, 4) is 0 Å². The lowest BCUT2D eigenvalue weighted by molar-refractivity contribution is 1.08. The van der Waals surface area contributed by atoms with Crippen molar-refractivity contribution in [2.75, 3.05) is 0 Å². The highest BCUT2D eigenvalue weighted by Crippen LogP contribution is 2.04. The van der Waals surface area contributed by atoms with Crippen molar-refractivity contribution < 1.29 is 0 Å². The van der Waals surface area contributed by atoms with Crippen molar-refractivity contribution in [3.05, 3.63) is 12.9 Å². The van der Waals surface area contributed by atoms with Gasteiger partial charge in [0, 0.05) is 12.4 Å². The van der Waals surface area contributed by atoms with Crippen LogP contribution in [0.15, 0.2) is 17.9 Å². The van der Waals surface area contributed by atoms with Crippen LogP contribution in [0.1, 0.15) is 20.8 Å². The summed E-state index contributed by atoms with van der Waals surface area (Å²) in [4.78, 5) is 3.93. The van der Waals surface area contributed by atoms with Gasteiger partial charge in [0.05, 0.1) is 0 Å². The molecule has 0 fully saturated rings. The first-order valence-electron chi connectivity index (χ1n) is 3.89. The lowest BCUT2D eigenvalue weighted by atomic mass is 10.8. The lowest BCUT2D eigenvalue weighted by Gasteiger charge is -1.89. The van der Waals surface area contributed by atoms with E-state index in [9.17, 15) is 0 Å². The lowest BCUT2D eigenvalue weighted by Crippen LogP contribution is -1.80. The molecule has 0 radical (unpaired) electrons. The Balaban J connectivity index is 0.000000561. The minimum Gasteiger partial charge on any atom is -0.274 e. The summed E-state index contributed by atoms with van der Waals surface area (Å²) in [5.74, 6) is 0.553. The number of aromatic nitrogens is 3. The Labute approximate surface area is 72.7 Å². The average molecular weight is 166 g/mol. The van der Waals surface area contributed by atoms with Gasteiger partial charge < -0.3 is 0 Å². The molecule has 0 spiro atoms. The monoisotopic (exact) mass is 166 g/mol. The van der Waals surface area contributed by atoms with E-state index < -0.39 is 0 Å². The molecule has 1 aromatic rings. The van der Waals surface area contributed by atoms with Crippen molar-refractivity contribution in [2.24, 2.45) is 4.99 Å². The highest BCUT2D eigenvalue weighted by atomic mass is 15.3. The second-order valence-electron chi connectivity index (χ2n) is 1.61. The van der Waals surface area contributed by atoms with Crippen LogP contribution in [0.2, 0.25) is 0 Å². The second kappa shape index (κ2) is 6.27. The molecule has 0 aromatic carbocycles. The highest BCUT2D eigenvalue weighted by Gasteiger charge is 1.94. The average Bonchev–Trinajstić information content (AvgIpc) is 2.56. The van der Waals surface area contributed by atoms with E-state index in [1.54, 1.807) is 23.3 Å².